The van der Waals surface area contributed by atoms with Crippen molar-refractivity contribution in [3.8, 4) is 16.5 Å². The Labute approximate surface area is 88.1 Å². The third-order valence-corrected chi connectivity index (χ3v) is 2.53. The van der Waals surface area contributed by atoms with Crippen LogP contribution in [-0.4, -0.2) is 28.4 Å². The first-order valence-electron chi connectivity index (χ1n) is 3.90. The van der Waals surface area contributed by atoms with E-state index in [-0.39, 0.29) is 5.89 Å². The SMILES string of the molecule is COc1csc(-c2nnc(C(=O)O)o2)c1. The number of carboxylic acid groups (broad SMARTS) is 1. The highest BCUT2D eigenvalue weighted by Crippen LogP contribution is 2.29. The van der Waals surface area contributed by atoms with Gasteiger partial charge >= 0.3 is 11.9 Å². The normalized spacial score (nSPS) is 10.2. The van der Waals surface area contributed by atoms with Crippen LogP contribution in [0.4, 0.5) is 0 Å². The van der Waals surface area contributed by atoms with Crippen LogP contribution < -0.4 is 4.74 Å². The largest absolute Gasteiger partial charge is 0.496 e. The van der Waals surface area contributed by atoms with Gasteiger partial charge in [0.25, 0.3) is 5.89 Å². The molecule has 1 N–H and O–H groups in total. The molecule has 0 amide bonds. The monoisotopic (exact) mass is 226 g/mol. The molecule has 0 saturated heterocycles. The maximum Gasteiger partial charge on any atom is 0.393 e. The molecule has 2 rings (SSSR count). The van der Waals surface area contributed by atoms with E-state index < -0.39 is 11.9 Å². The van der Waals surface area contributed by atoms with Crippen LogP contribution in [0.3, 0.4) is 0 Å². The molecule has 7 heteroatoms. The fraction of sp³-hybridized carbons (Fsp3) is 0.125. The van der Waals surface area contributed by atoms with E-state index in [9.17, 15) is 4.79 Å². The highest BCUT2D eigenvalue weighted by atomic mass is 32.1. The summed E-state index contributed by atoms with van der Waals surface area (Å²) in [4.78, 5) is 11.2. The molecule has 0 atom stereocenters. The van der Waals surface area contributed by atoms with Crippen LogP contribution in [0.1, 0.15) is 10.7 Å². The number of aromatic carboxylic acids is 1. The number of carbonyl (C=O) groups is 1. The lowest BCUT2D eigenvalue weighted by Gasteiger charge is -1.88. The summed E-state index contributed by atoms with van der Waals surface area (Å²) >= 11 is 1.34. The van der Waals surface area contributed by atoms with Gasteiger partial charge in [-0.05, 0) is 0 Å². The molecule has 0 bridgehead atoms. The summed E-state index contributed by atoms with van der Waals surface area (Å²) in [5.74, 6) is -0.805. The Balaban J connectivity index is 2.32. The van der Waals surface area contributed by atoms with E-state index >= 15 is 0 Å². The quantitative estimate of drug-likeness (QED) is 0.853. The minimum absolute atomic E-state index is 0.181. The first kappa shape index (κ1) is 9.66. The number of carboxylic acids is 1. The molecule has 0 aliphatic rings. The van der Waals surface area contributed by atoms with Crippen LogP contribution in [0, 0.1) is 0 Å². The first-order chi connectivity index (χ1) is 7.20. The van der Waals surface area contributed by atoms with E-state index in [1.165, 1.54) is 11.3 Å². The Morgan fingerprint density at radius 3 is 2.93 bits per heavy atom. The average Bonchev–Trinajstić information content (AvgIpc) is 2.86. The summed E-state index contributed by atoms with van der Waals surface area (Å²) in [6.45, 7) is 0. The Hall–Kier alpha value is -1.89. The molecular weight excluding hydrogens is 220 g/mol. The molecule has 78 valence electrons. The van der Waals surface area contributed by atoms with Crippen LogP contribution in [-0.2, 0) is 0 Å². The summed E-state index contributed by atoms with van der Waals surface area (Å²) in [6, 6.07) is 1.70. The van der Waals surface area contributed by atoms with Gasteiger partial charge in [-0.15, -0.1) is 21.5 Å². The predicted octanol–water partition coefficient (Wildman–Crippen LogP) is 1.50. The van der Waals surface area contributed by atoms with Gasteiger partial charge in [0.2, 0.25) is 0 Å². The van der Waals surface area contributed by atoms with Crippen molar-refractivity contribution in [2.75, 3.05) is 7.11 Å². The van der Waals surface area contributed by atoms with Crippen LogP contribution >= 0.6 is 11.3 Å². The van der Waals surface area contributed by atoms with Gasteiger partial charge in [0.1, 0.15) is 5.75 Å². The Morgan fingerprint density at radius 2 is 2.40 bits per heavy atom. The minimum Gasteiger partial charge on any atom is -0.496 e. The molecular formula is C8H6N2O4S. The number of rotatable bonds is 3. The lowest BCUT2D eigenvalue weighted by molar-refractivity contribution is 0.0654. The third kappa shape index (κ3) is 1.82. The molecule has 6 nitrogen and oxygen atoms in total. The summed E-state index contributed by atoms with van der Waals surface area (Å²) in [7, 11) is 1.54. The van der Waals surface area contributed by atoms with Crippen molar-refractivity contribution in [2.24, 2.45) is 0 Å². The van der Waals surface area contributed by atoms with Crippen molar-refractivity contribution in [1.29, 1.82) is 0 Å². The van der Waals surface area contributed by atoms with E-state index in [2.05, 4.69) is 10.2 Å². The molecule has 0 spiro atoms. The van der Waals surface area contributed by atoms with Gasteiger partial charge in [-0.1, -0.05) is 0 Å². The second kappa shape index (κ2) is 3.70. The van der Waals surface area contributed by atoms with Gasteiger partial charge in [0.15, 0.2) is 0 Å². The first-order valence-corrected chi connectivity index (χ1v) is 4.78. The number of aromatic nitrogens is 2. The standard InChI is InChI=1S/C8H6N2O4S/c1-13-4-2-5(15-3-4)6-9-10-7(14-6)8(11)12/h2-3H,1H3,(H,11,12). The number of hydrogen-bond donors (Lipinski definition) is 1. The van der Waals surface area contributed by atoms with Gasteiger partial charge < -0.3 is 14.3 Å². The molecule has 0 aromatic carbocycles. The number of methoxy groups -OCH3 is 1. The van der Waals surface area contributed by atoms with E-state index in [1.54, 1.807) is 18.6 Å². The molecule has 0 aliphatic heterocycles. The van der Waals surface area contributed by atoms with E-state index in [4.69, 9.17) is 14.3 Å². The van der Waals surface area contributed by atoms with Crippen molar-refractivity contribution in [1.82, 2.24) is 10.2 Å². The van der Waals surface area contributed by atoms with Crippen molar-refractivity contribution in [2.45, 2.75) is 0 Å². The maximum atomic E-state index is 10.5. The molecule has 0 saturated carbocycles. The van der Waals surface area contributed by atoms with Crippen molar-refractivity contribution in [3.63, 3.8) is 0 Å². The number of hydrogen-bond acceptors (Lipinski definition) is 6. The predicted molar refractivity (Wildman–Crippen MR) is 51.1 cm³/mol. The van der Waals surface area contributed by atoms with Gasteiger partial charge in [0.05, 0.1) is 12.0 Å². The maximum absolute atomic E-state index is 10.5. The summed E-state index contributed by atoms with van der Waals surface area (Å²) in [5.41, 5.74) is 0. The second-order valence-electron chi connectivity index (χ2n) is 2.57. The van der Waals surface area contributed by atoms with E-state index in [0.29, 0.717) is 10.6 Å². The molecule has 2 heterocycles. The fourth-order valence-corrected chi connectivity index (χ4v) is 1.72. The highest BCUT2D eigenvalue weighted by molar-refractivity contribution is 7.13. The molecule has 2 aromatic rings. The van der Waals surface area contributed by atoms with Crippen molar-refractivity contribution >= 4 is 17.3 Å². The number of nitrogens with zero attached hydrogens (tertiary/aromatic N) is 2. The zero-order valence-electron chi connectivity index (χ0n) is 7.63. The topological polar surface area (TPSA) is 85.5 Å². The fourth-order valence-electron chi connectivity index (χ4n) is 0.947. The Morgan fingerprint density at radius 1 is 1.60 bits per heavy atom. The molecule has 0 radical (unpaired) electrons. The van der Waals surface area contributed by atoms with Gasteiger partial charge in [0, 0.05) is 11.4 Å². The van der Waals surface area contributed by atoms with E-state index in [0.717, 1.165) is 0 Å². The smallest absolute Gasteiger partial charge is 0.393 e. The van der Waals surface area contributed by atoms with Gasteiger partial charge in [-0.25, -0.2) is 4.79 Å². The summed E-state index contributed by atoms with van der Waals surface area (Å²) < 4.78 is 9.90. The highest BCUT2D eigenvalue weighted by Gasteiger charge is 2.15. The van der Waals surface area contributed by atoms with Gasteiger partial charge in [-0.3, -0.25) is 0 Å². The Bertz CT molecular complexity index is 490. The Kier molecular flexibility index (Phi) is 2.38. The molecule has 0 unspecified atom stereocenters. The number of ether oxygens (including phenoxy) is 1. The van der Waals surface area contributed by atoms with Crippen LogP contribution in [0.5, 0.6) is 5.75 Å². The zero-order valence-corrected chi connectivity index (χ0v) is 8.45. The van der Waals surface area contributed by atoms with Crippen molar-refractivity contribution < 1.29 is 19.1 Å². The second-order valence-corrected chi connectivity index (χ2v) is 3.48. The summed E-state index contributed by atoms with van der Waals surface area (Å²) in [5, 5.41) is 17.3. The molecule has 15 heavy (non-hydrogen) atoms. The van der Waals surface area contributed by atoms with Crippen LogP contribution in [0.15, 0.2) is 15.9 Å². The lowest BCUT2D eigenvalue weighted by Crippen LogP contribution is -1.95. The van der Waals surface area contributed by atoms with Crippen molar-refractivity contribution in [3.05, 3.63) is 17.3 Å². The van der Waals surface area contributed by atoms with E-state index in [1.807, 2.05) is 0 Å². The molecule has 2 aromatic heterocycles. The zero-order chi connectivity index (χ0) is 10.8. The molecule has 0 fully saturated rings. The average molecular weight is 226 g/mol. The minimum atomic E-state index is -1.24. The van der Waals surface area contributed by atoms with Crippen LogP contribution in [0.2, 0.25) is 0 Å². The molecule has 0 aliphatic carbocycles. The van der Waals surface area contributed by atoms with Crippen LogP contribution in [0.25, 0.3) is 10.8 Å². The summed E-state index contributed by atoms with van der Waals surface area (Å²) in [6.07, 6.45) is 0. The number of thiophene rings is 1. The van der Waals surface area contributed by atoms with Gasteiger partial charge in [-0.2, -0.15) is 0 Å². The lowest BCUT2D eigenvalue weighted by atomic mass is 10.4. The third-order valence-electron chi connectivity index (χ3n) is 1.63.